The van der Waals surface area contributed by atoms with Crippen LogP contribution in [0.15, 0.2) is 36.7 Å². The standard InChI is InChI=1S/C14H19ClN4O/c1-19-9-11(8-17-19)2-5-13(18-16)10-20-14-6-3-12(15)4-7-14/h3-4,6-9,13,18H,2,5,10,16H2,1H3. The van der Waals surface area contributed by atoms with E-state index in [9.17, 15) is 0 Å². The number of nitrogens with zero attached hydrogens (tertiary/aromatic N) is 2. The molecule has 20 heavy (non-hydrogen) atoms. The Bertz CT molecular complexity index is 526. The van der Waals surface area contributed by atoms with E-state index in [4.69, 9.17) is 22.2 Å². The third-order valence-electron chi connectivity index (χ3n) is 3.04. The van der Waals surface area contributed by atoms with E-state index in [0.29, 0.717) is 11.6 Å². The topological polar surface area (TPSA) is 65.1 Å². The van der Waals surface area contributed by atoms with Gasteiger partial charge in [0.05, 0.1) is 12.2 Å². The Hall–Kier alpha value is -1.56. The zero-order valence-electron chi connectivity index (χ0n) is 11.4. The van der Waals surface area contributed by atoms with Crippen LogP contribution in [-0.2, 0) is 13.5 Å². The molecule has 1 aromatic carbocycles. The maximum Gasteiger partial charge on any atom is 0.119 e. The summed E-state index contributed by atoms with van der Waals surface area (Å²) in [5, 5.41) is 4.84. The molecule has 0 radical (unpaired) electrons. The smallest absolute Gasteiger partial charge is 0.119 e. The Kier molecular flexibility index (Phi) is 5.40. The number of hydrogen-bond donors (Lipinski definition) is 2. The number of aromatic nitrogens is 2. The van der Waals surface area contributed by atoms with Crippen molar-refractivity contribution in [1.29, 1.82) is 0 Å². The zero-order chi connectivity index (χ0) is 14.4. The van der Waals surface area contributed by atoms with Gasteiger partial charge in [0, 0.05) is 18.3 Å². The van der Waals surface area contributed by atoms with Crippen LogP contribution in [0, 0.1) is 0 Å². The summed E-state index contributed by atoms with van der Waals surface area (Å²) in [6, 6.07) is 7.38. The van der Waals surface area contributed by atoms with Gasteiger partial charge in [0.1, 0.15) is 12.4 Å². The number of nitrogens with one attached hydrogen (secondary N) is 1. The largest absolute Gasteiger partial charge is 0.492 e. The lowest BCUT2D eigenvalue weighted by Crippen LogP contribution is -2.39. The summed E-state index contributed by atoms with van der Waals surface area (Å²) >= 11 is 5.83. The second-order valence-corrected chi connectivity index (χ2v) is 5.13. The number of nitrogens with two attached hydrogens (primary N) is 1. The van der Waals surface area contributed by atoms with Crippen LogP contribution in [-0.4, -0.2) is 22.4 Å². The van der Waals surface area contributed by atoms with E-state index in [1.165, 1.54) is 5.56 Å². The molecule has 108 valence electrons. The van der Waals surface area contributed by atoms with E-state index in [1.807, 2.05) is 31.6 Å². The van der Waals surface area contributed by atoms with Gasteiger partial charge in [-0.15, -0.1) is 0 Å². The average Bonchev–Trinajstić information content (AvgIpc) is 2.87. The molecule has 0 aliphatic heterocycles. The highest BCUT2D eigenvalue weighted by molar-refractivity contribution is 6.30. The predicted molar refractivity (Wildman–Crippen MR) is 79.6 cm³/mol. The minimum atomic E-state index is 0.0888. The van der Waals surface area contributed by atoms with Crippen molar-refractivity contribution in [3.63, 3.8) is 0 Å². The summed E-state index contributed by atoms with van der Waals surface area (Å²) < 4.78 is 7.48. The number of aryl methyl sites for hydroxylation is 2. The van der Waals surface area contributed by atoms with E-state index in [-0.39, 0.29) is 6.04 Å². The van der Waals surface area contributed by atoms with Crippen LogP contribution >= 0.6 is 11.6 Å². The van der Waals surface area contributed by atoms with Crippen LogP contribution in [0.3, 0.4) is 0 Å². The summed E-state index contributed by atoms with van der Waals surface area (Å²) in [5.74, 6) is 6.35. The molecule has 1 atom stereocenters. The maximum absolute atomic E-state index is 5.83. The van der Waals surface area contributed by atoms with E-state index >= 15 is 0 Å². The Morgan fingerprint density at radius 1 is 1.40 bits per heavy atom. The summed E-state index contributed by atoms with van der Waals surface area (Å²) in [5.41, 5.74) is 3.98. The molecule has 0 spiro atoms. The van der Waals surface area contributed by atoms with Gasteiger partial charge < -0.3 is 4.74 Å². The Morgan fingerprint density at radius 2 is 2.15 bits per heavy atom. The van der Waals surface area contributed by atoms with Crippen LogP contribution in [0.2, 0.25) is 5.02 Å². The number of benzene rings is 1. The summed E-state index contributed by atoms with van der Waals surface area (Å²) in [7, 11) is 1.91. The molecule has 1 unspecified atom stereocenters. The summed E-state index contributed by atoms with van der Waals surface area (Å²) in [6.45, 7) is 0.512. The van der Waals surface area contributed by atoms with Crippen LogP contribution in [0.5, 0.6) is 5.75 Å². The van der Waals surface area contributed by atoms with Gasteiger partial charge in [0.2, 0.25) is 0 Å². The van der Waals surface area contributed by atoms with Gasteiger partial charge in [-0.1, -0.05) is 11.6 Å². The lowest BCUT2D eigenvalue weighted by molar-refractivity contribution is 0.258. The fourth-order valence-electron chi connectivity index (χ4n) is 1.88. The molecule has 0 fully saturated rings. The highest BCUT2D eigenvalue weighted by Gasteiger charge is 2.09. The van der Waals surface area contributed by atoms with Crippen molar-refractivity contribution in [3.05, 3.63) is 47.2 Å². The zero-order valence-corrected chi connectivity index (χ0v) is 12.2. The van der Waals surface area contributed by atoms with Crippen LogP contribution in [0.25, 0.3) is 0 Å². The van der Waals surface area contributed by atoms with Crippen molar-refractivity contribution in [1.82, 2.24) is 15.2 Å². The van der Waals surface area contributed by atoms with Crippen LogP contribution < -0.4 is 16.0 Å². The highest BCUT2D eigenvalue weighted by atomic mass is 35.5. The number of hydrazine groups is 1. The predicted octanol–water partition coefficient (Wildman–Crippen LogP) is 1.92. The number of rotatable bonds is 7. The lowest BCUT2D eigenvalue weighted by atomic mass is 10.1. The Labute approximate surface area is 123 Å². The molecule has 1 aromatic heterocycles. The van der Waals surface area contributed by atoms with E-state index in [0.717, 1.165) is 18.6 Å². The van der Waals surface area contributed by atoms with E-state index in [2.05, 4.69) is 10.5 Å². The second kappa shape index (κ2) is 7.28. The van der Waals surface area contributed by atoms with Crippen molar-refractivity contribution in [2.24, 2.45) is 12.9 Å². The third kappa shape index (κ3) is 4.52. The molecule has 0 amide bonds. The van der Waals surface area contributed by atoms with Crippen LogP contribution in [0.4, 0.5) is 0 Å². The molecule has 6 heteroatoms. The quantitative estimate of drug-likeness (QED) is 0.605. The van der Waals surface area contributed by atoms with Crippen molar-refractivity contribution in [2.75, 3.05) is 6.61 Å². The van der Waals surface area contributed by atoms with Crippen LogP contribution in [0.1, 0.15) is 12.0 Å². The minimum Gasteiger partial charge on any atom is -0.492 e. The first-order chi connectivity index (χ1) is 9.67. The van der Waals surface area contributed by atoms with Gasteiger partial charge in [0.25, 0.3) is 0 Å². The molecule has 1 heterocycles. The number of halogens is 1. The number of hydrogen-bond acceptors (Lipinski definition) is 4. The van der Waals surface area contributed by atoms with Crippen molar-refractivity contribution in [3.8, 4) is 5.75 Å². The first kappa shape index (κ1) is 14.8. The third-order valence-corrected chi connectivity index (χ3v) is 3.29. The van der Waals surface area contributed by atoms with Gasteiger partial charge in [-0.3, -0.25) is 16.0 Å². The highest BCUT2D eigenvalue weighted by Crippen LogP contribution is 2.16. The fourth-order valence-corrected chi connectivity index (χ4v) is 2.01. The molecule has 0 bridgehead atoms. The van der Waals surface area contributed by atoms with E-state index in [1.54, 1.807) is 16.8 Å². The molecule has 0 aliphatic carbocycles. The molecule has 3 N–H and O–H groups in total. The SMILES string of the molecule is Cn1cc(CCC(COc2ccc(Cl)cc2)NN)cn1. The monoisotopic (exact) mass is 294 g/mol. The molecule has 0 saturated heterocycles. The second-order valence-electron chi connectivity index (χ2n) is 4.69. The fraction of sp³-hybridized carbons (Fsp3) is 0.357. The van der Waals surface area contributed by atoms with Crippen molar-refractivity contribution in [2.45, 2.75) is 18.9 Å². The average molecular weight is 295 g/mol. The van der Waals surface area contributed by atoms with Gasteiger partial charge in [0.15, 0.2) is 0 Å². The molecular formula is C14H19ClN4O. The number of ether oxygens (including phenoxy) is 1. The lowest BCUT2D eigenvalue weighted by Gasteiger charge is -2.16. The molecule has 5 nitrogen and oxygen atoms in total. The van der Waals surface area contributed by atoms with Crippen molar-refractivity contribution >= 4 is 11.6 Å². The normalized spacial score (nSPS) is 12.3. The minimum absolute atomic E-state index is 0.0888. The Balaban J connectivity index is 1.78. The van der Waals surface area contributed by atoms with E-state index < -0.39 is 0 Å². The molecular weight excluding hydrogens is 276 g/mol. The Morgan fingerprint density at radius 3 is 2.75 bits per heavy atom. The molecule has 2 rings (SSSR count). The van der Waals surface area contributed by atoms with Gasteiger partial charge >= 0.3 is 0 Å². The molecule has 0 saturated carbocycles. The summed E-state index contributed by atoms with van der Waals surface area (Å²) in [6.07, 6.45) is 5.67. The van der Waals surface area contributed by atoms with Crippen molar-refractivity contribution < 1.29 is 4.74 Å². The van der Waals surface area contributed by atoms with Gasteiger partial charge in [-0.2, -0.15) is 5.10 Å². The molecule has 0 aliphatic rings. The first-order valence-corrected chi connectivity index (χ1v) is 6.87. The van der Waals surface area contributed by atoms with Gasteiger partial charge in [-0.25, -0.2) is 0 Å². The maximum atomic E-state index is 5.83. The van der Waals surface area contributed by atoms with Gasteiger partial charge in [-0.05, 0) is 42.7 Å². The molecule has 2 aromatic rings. The summed E-state index contributed by atoms with van der Waals surface area (Å²) in [4.78, 5) is 0. The first-order valence-electron chi connectivity index (χ1n) is 6.49.